The first-order chi connectivity index (χ1) is 24.3. The maximum Gasteiger partial charge on any atom is 0.136 e. The zero-order chi connectivity index (χ0) is 32.3. The SMILES string of the molecule is c1ccc(N(c2ccc(-c3cccc4sc5ccccc5c34)cc2)c2cccc3ccccc23)c(-c2cccc3oc4ccccc4c23)c1. The predicted octanol–water partition coefficient (Wildman–Crippen LogP) is 13.9. The van der Waals surface area contributed by atoms with E-state index >= 15 is 0 Å². The second-order valence-corrected chi connectivity index (χ2v) is 13.5. The lowest BCUT2D eigenvalue weighted by molar-refractivity contribution is 0.669. The monoisotopic (exact) mass is 643 g/mol. The van der Waals surface area contributed by atoms with Crippen LogP contribution in [0.4, 0.5) is 17.1 Å². The Balaban J connectivity index is 1.20. The fourth-order valence-corrected chi connectivity index (χ4v) is 8.64. The van der Waals surface area contributed by atoms with Crippen LogP contribution >= 0.6 is 11.3 Å². The predicted molar refractivity (Wildman–Crippen MR) is 210 cm³/mol. The summed E-state index contributed by atoms with van der Waals surface area (Å²) in [4.78, 5) is 2.42. The minimum absolute atomic E-state index is 0.893. The Labute approximate surface area is 287 Å². The molecule has 49 heavy (non-hydrogen) atoms. The molecule has 0 amide bonds. The van der Waals surface area contributed by atoms with Crippen molar-refractivity contribution in [2.24, 2.45) is 0 Å². The van der Waals surface area contributed by atoms with Crippen LogP contribution in [0, 0.1) is 0 Å². The van der Waals surface area contributed by atoms with Crippen molar-refractivity contribution in [1.82, 2.24) is 0 Å². The van der Waals surface area contributed by atoms with E-state index in [1.54, 1.807) is 0 Å². The first-order valence-corrected chi connectivity index (χ1v) is 17.4. The molecule has 0 spiro atoms. The molecule has 8 aromatic carbocycles. The van der Waals surface area contributed by atoms with Crippen molar-refractivity contribution in [3.8, 4) is 22.3 Å². The summed E-state index contributed by atoms with van der Waals surface area (Å²) in [5.74, 6) is 0. The molecule has 0 saturated carbocycles. The van der Waals surface area contributed by atoms with Gasteiger partial charge in [0.2, 0.25) is 0 Å². The molecular weight excluding hydrogens is 615 g/mol. The summed E-state index contributed by atoms with van der Waals surface area (Å²) in [6.07, 6.45) is 0. The summed E-state index contributed by atoms with van der Waals surface area (Å²) >= 11 is 1.86. The van der Waals surface area contributed by atoms with E-state index in [9.17, 15) is 0 Å². The molecule has 3 heteroatoms. The van der Waals surface area contributed by atoms with E-state index in [2.05, 4.69) is 169 Å². The number of thiophene rings is 1. The molecule has 0 N–H and O–H groups in total. The highest BCUT2D eigenvalue weighted by Crippen LogP contribution is 2.47. The third-order valence-corrected chi connectivity index (χ3v) is 10.8. The summed E-state index contributed by atoms with van der Waals surface area (Å²) in [5, 5.41) is 7.30. The average Bonchev–Trinajstić information content (AvgIpc) is 3.74. The standard InChI is InChI=1S/C46H29NOS/c1-2-14-33-30(12-1)13-9-21-39(33)47(32-28-26-31(27-29-32)34-18-11-25-44-46(34)38-17-5-8-24-43(38)49-44)40-20-6-3-15-35(40)36-19-10-23-42-45(36)37-16-4-7-22-41(37)48-42/h1-29H. The van der Waals surface area contributed by atoms with Crippen LogP contribution in [0.15, 0.2) is 180 Å². The summed E-state index contributed by atoms with van der Waals surface area (Å²) in [6.45, 7) is 0. The Kier molecular flexibility index (Phi) is 6.39. The van der Waals surface area contributed by atoms with Gasteiger partial charge in [-0.1, -0.05) is 127 Å². The van der Waals surface area contributed by atoms with Crippen LogP contribution in [0.2, 0.25) is 0 Å². The van der Waals surface area contributed by atoms with Crippen molar-refractivity contribution in [3.05, 3.63) is 176 Å². The summed E-state index contributed by atoms with van der Waals surface area (Å²) in [7, 11) is 0. The molecule has 0 fully saturated rings. The van der Waals surface area contributed by atoms with Gasteiger partial charge in [0, 0.05) is 47.6 Å². The summed E-state index contributed by atoms with van der Waals surface area (Å²) in [6, 6.07) is 63.2. The van der Waals surface area contributed by atoms with Crippen LogP contribution < -0.4 is 4.90 Å². The Bertz CT molecular complexity index is 2840. The summed E-state index contributed by atoms with van der Waals surface area (Å²) < 4.78 is 8.97. The van der Waals surface area contributed by atoms with E-state index in [0.717, 1.165) is 50.1 Å². The molecule has 10 aromatic rings. The molecule has 0 unspecified atom stereocenters. The van der Waals surface area contributed by atoms with Crippen LogP contribution in [-0.2, 0) is 0 Å². The van der Waals surface area contributed by atoms with Crippen molar-refractivity contribution in [2.75, 3.05) is 4.90 Å². The maximum atomic E-state index is 6.34. The maximum absolute atomic E-state index is 6.34. The second kappa shape index (κ2) is 11.2. The Morgan fingerprint density at radius 2 is 1.00 bits per heavy atom. The fraction of sp³-hybridized carbons (Fsp3) is 0. The van der Waals surface area contributed by atoms with Gasteiger partial charge in [-0.05, 0) is 70.6 Å². The molecule has 0 aliphatic rings. The number of fused-ring (bicyclic) bond motifs is 7. The highest BCUT2D eigenvalue weighted by atomic mass is 32.1. The molecule has 2 aromatic heterocycles. The molecule has 2 nitrogen and oxygen atoms in total. The number of rotatable bonds is 5. The van der Waals surface area contributed by atoms with Gasteiger partial charge in [-0.2, -0.15) is 0 Å². The van der Waals surface area contributed by atoms with E-state index in [-0.39, 0.29) is 0 Å². The van der Waals surface area contributed by atoms with Gasteiger partial charge in [-0.25, -0.2) is 0 Å². The van der Waals surface area contributed by atoms with E-state index in [1.807, 2.05) is 23.5 Å². The van der Waals surface area contributed by atoms with Crippen molar-refractivity contribution in [3.63, 3.8) is 0 Å². The van der Waals surface area contributed by atoms with Crippen molar-refractivity contribution in [1.29, 1.82) is 0 Å². The second-order valence-electron chi connectivity index (χ2n) is 12.5. The Morgan fingerprint density at radius 1 is 0.388 bits per heavy atom. The van der Waals surface area contributed by atoms with Crippen molar-refractivity contribution < 1.29 is 4.42 Å². The quantitative estimate of drug-likeness (QED) is 0.186. The van der Waals surface area contributed by atoms with Gasteiger partial charge >= 0.3 is 0 Å². The minimum Gasteiger partial charge on any atom is -0.456 e. The number of para-hydroxylation sites is 2. The van der Waals surface area contributed by atoms with Crippen LogP contribution in [0.3, 0.4) is 0 Å². The van der Waals surface area contributed by atoms with Gasteiger partial charge in [-0.3, -0.25) is 0 Å². The molecular formula is C46H29NOS. The first kappa shape index (κ1) is 27.9. The molecule has 0 atom stereocenters. The average molecular weight is 644 g/mol. The smallest absolute Gasteiger partial charge is 0.136 e. The molecule has 0 aliphatic carbocycles. The summed E-state index contributed by atoms with van der Waals surface area (Å²) in [5.41, 5.74) is 9.89. The number of nitrogens with zero attached hydrogens (tertiary/aromatic N) is 1. The van der Waals surface area contributed by atoms with Gasteiger partial charge in [0.05, 0.1) is 11.4 Å². The third kappa shape index (κ3) is 4.47. The molecule has 0 bridgehead atoms. The Morgan fingerprint density at radius 3 is 1.92 bits per heavy atom. The normalized spacial score (nSPS) is 11.7. The fourth-order valence-electron chi connectivity index (χ4n) is 7.51. The molecule has 230 valence electrons. The lowest BCUT2D eigenvalue weighted by Crippen LogP contribution is -2.11. The highest BCUT2D eigenvalue weighted by Gasteiger charge is 2.22. The number of furan rings is 1. The van der Waals surface area contributed by atoms with Crippen LogP contribution in [0.1, 0.15) is 0 Å². The minimum atomic E-state index is 0.893. The van der Waals surface area contributed by atoms with E-state index in [1.165, 1.54) is 42.1 Å². The van der Waals surface area contributed by atoms with Crippen LogP contribution in [0.5, 0.6) is 0 Å². The van der Waals surface area contributed by atoms with Gasteiger partial charge in [0.15, 0.2) is 0 Å². The van der Waals surface area contributed by atoms with Crippen LogP contribution in [-0.4, -0.2) is 0 Å². The van der Waals surface area contributed by atoms with Gasteiger partial charge in [0.1, 0.15) is 11.2 Å². The molecule has 0 radical (unpaired) electrons. The topological polar surface area (TPSA) is 16.4 Å². The third-order valence-electron chi connectivity index (χ3n) is 9.68. The van der Waals surface area contributed by atoms with Crippen molar-refractivity contribution in [2.45, 2.75) is 0 Å². The van der Waals surface area contributed by atoms with E-state index in [0.29, 0.717) is 0 Å². The largest absolute Gasteiger partial charge is 0.456 e. The Hall–Kier alpha value is -6.16. The zero-order valence-corrected chi connectivity index (χ0v) is 27.3. The van der Waals surface area contributed by atoms with Crippen LogP contribution in [0.25, 0.3) is 75.1 Å². The lowest BCUT2D eigenvalue weighted by Gasteiger charge is -2.29. The van der Waals surface area contributed by atoms with E-state index in [4.69, 9.17) is 4.42 Å². The molecule has 2 heterocycles. The highest BCUT2D eigenvalue weighted by molar-refractivity contribution is 7.25. The lowest BCUT2D eigenvalue weighted by atomic mass is 9.96. The first-order valence-electron chi connectivity index (χ1n) is 16.6. The zero-order valence-electron chi connectivity index (χ0n) is 26.5. The molecule has 0 aliphatic heterocycles. The molecule has 10 rings (SSSR count). The number of hydrogen-bond acceptors (Lipinski definition) is 3. The van der Waals surface area contributed by atoms with Crippen molar-refractivity contribution >= 4 is 81.3 Å². The molecule has 0 saturated heterocycles. The number of benzene rings is 8. The number of hydrogen-bond donors (Lipinski definition) is 0. The number of anilines is 3. The van der Waals surface area contributed by atoms with Gasteiger partial charge < -0.3 is 9.32 Å². The van der Waals surface area contributed by atoms with Gasteiger partial charge in [0.25, 0.3) is 0 Å². The van der Waals surface area contributed by atoms with Gasteiger partial charge in [-0.15, -0.1) is 11.3 Å². The van der Waals surface area contributed by atoms with E-state index < -0.39 is 0 Å².